The summed E-state index contributed by atoms with van der Waals surface area (Å²) in [6.07, 6.45) is 5.10. The summed E-state index contributed by atoms with van der Waals surface area (Å²) in [6.45, 7) is 3.12. The topological polar surface area (TPSA) is 71.2 Å². The summed E-state index contributed by atoms with van der Waals surface area (Å²) in [7, 11) is 0. The quantitative estimate of drug-likeness (QED) is 0.778. The number of pyridine rings is 1. The third-order valence-electron chi connectivity index (χ3n) is 3.54. The van der Waals surface area contributed by atoms with Crippen LogP contribution in [0.3, 0.4) is 0 Å². The Hall–Kier alpha value is -0.400. The first kappa shape index (κ1) is 21.6. The molecule has 3 N–H and O–H groups in total. The van der Waals surface area contributed by atoms with E-state index in [9.17, 15) is 4.79 Å². The smallest absolute Gasteiger partial charge is 0.239 e. The maximum atomic E-state index is 12.0. The van der Waals surface area contributed by atoms with Gasteiger partial charge in [-0.1, -0.05) is 0 Å². The lowest BCUT2D eigenvalue weighted by atomic mass is 9.95. The molecule has 0 saturated carbocycles. The summed E-state index contributed by atoms with van der Waals surface area (Å²) < 4.78 is 0.899. The predicted molar refractivity (Wildman–Crippen MR) is 97.9 cm³/mol. The summed E-state index contributed by atoms with van der Waals surface area (Å²) in [4.78, 5) is 18.3. The second kappa shape index (κ2) is 11.2. The Bertz CT molecular complexity index is 445. The molecular formula is C14H23BrCl2N4O. The van der Waals surface area contributed by atoms with E-state index in [4.69, 9.17) is 5.73 Å². The van der Waals surface area contributed by atoms with Crippen molar-refractivity contribution in [3.63, 3.8) is 0 Å². The predicted octanol–water partition coefficient (Wildman–Crippen LogP) is 2.69. The van der Waals surface area contributed by atoms with Gasteiger partial charge in [-0.15, -0.1) is 24.8 Å². The van der Waals surface area contributed by atoms with Crippen molar-refractivity contribution in [2.24, 2.45) is 11.7 Å². The molecule has 2 rings (SSSR count). The molecule has 5 nitrogen and oxygen atoms in total. The number of rotatable bonds is 5. The molecular weight excluding hydrogens is 391 g/mol. The zero-order valence-electron chi connectivity index (χ0n) is 12.3. The summed E-state index contributed by atoms with van der Waals surface area (Å²) in [6, 6.07) is 3.65. The zero-order chi connectivity index (χ0) is 14.4. The van der Waals surface area contributed by atoms with Crippen molar-refractivity contribution in [3.8, 4) is 0 Å². The normalized spacial score (nSPS) is 18.0. The van der Waals surface area contributed by atoms with Crippen LogP contribution in [-0.2, 0) is 4.79 Å². The van der Waals surface area contributed by atoms with E-state index in [0.717, 1.165) is 36.9 Å². The number of amides is 1. The molecule has 0 spiro atoms. The fourth-order valence-corrected chi connectivity index (χ4v) is 2.84. The van der Waals surface area contributed by atoms with Crippen molar-refractivity contribution in [2.45, 2.75) is 19.3 Å². The standard InChI is InChI=1S/C14H21BrN4O.2ClH/c15-12-3-4-13(17-8-12)18-14(20)10-19-7-1-2-11(9-19)5-6-16;;/h3-4,8,11H,1-2,5-7,9-10,16H2,(H,17,18,20);2*1H. The van der Waals surface area contributed by atoms with E-state index in [1.54, 1.807) is 12.3 Å². The van der Waals surface area contributed by atoms with Gasteiger partial charge in [-0.25, -0.2) is 4.98 Å². The molecule has 1 unspecified atom stereocenters. The van der Waals surface area contributed by atoms with Gasteiger partial charge in [0, 0.05) is 17.2 Å². The van der Waals surface area contributed by atoms with E-state index < -0.39 is 0 Å². The molecule has 22 heavy (non-hydrogen) atoms. The second-order valence-electron chi connectivity index (χ2n) is 5.23. The van der Waals surface area contributed by atoms with E-state index in [1.165, 1.54) is 6.42 Å². The molecule has 1 aliphatic heterocycles. The molecule has 1 atom stereocenters. The van der Waals surface area contributed by atoms with E-state index >= 15 is 0 Å². The molecule has 1 aromatic rings. The first-order valence-electron chi connectivity index (χ1n) is 7.01. The fraction of sp³-hybridized carbons (Fsp3) is 0.571. The average Bonchev–Trinajstić information content (AvgIpc) is 2.42. The number of hydrogen-bond donors (Lipinski definition) is 2. The van der Waals surface area contributed by atoms with Gasteiger partial charge < -0.3 is 11.1 Å². The molecule has 1 aliphatic rings. The summed E-state index contributed by atoms with van der Waals surface area (Å²) >= 11 is 3.32. The molecule has 1 aromatic heterocycles. The van der Waals surface area contributed by atoms with Crippen LogP contribution in [0.1, 0.15) is 19.3 Å². The molecule has 0 aliphatic carbocycles. The summed E-state index contributed by atoms with van der Waals surface area (Å²) in [5.74, 6) is 1.22. The monoisotopic (exact) mass is 412 g/mol. The van der Waals surface area contributed by atoms with Crippen LogP contribution >= 0.6 is 40.7 Å². The zero-order valence-corrected chi connectivity index (χ0v) is 15.6. The number of carbonyl (C=O) groups excluding carboxylic acids is 1. The Morgan fingerprint density at radius 3 is 2.86 bits per heavy atom. The minimum atomic E-state index is -0.00628. The SMILES string of the molecule is Cl.Cl.NCCC1CCCN(CC(=O)Nc2ccc(Br)cn2)C1. The van der Waals surface area contributed by atoms with E-state index in [0.29, 0.717) is 18.3 Å². The Labute approximate surface area is 152 Å². The summed E-state index contributed by atoms with van der Waals surface area (Å²) in [5, 5.41) is 2.83. The highest BCUT2D eigenvalue weighted by Crippen LogP contribution is 2.18. The first-order valence-corrected chi connectivity index (χ1v) is 7.80. The number of hydrogen-bond acceptors (Lipinski definition) is 4. The van der Waals surface area contributed by atoms with Crippen molar-refractivity contribution in [1.82, 2.24) is 9.88 Å². The summed E-state index contributed by atoms with van der Waals surface area (Å²) in [5.41, 5.74) is 5.61. The number of halogens is 3. The van der Waals surface area contributed by atoms with Crippen LogP contribution in [0.15, 0.2) is 22.8 Å². The fourth-order valence-electron chi connectivity index (χ4n) is 2.60. The van der Waals surface area contributed by atoms with Crippen LogP contribution in [0, 0.1) is 5.92 Å². The molecule has 0 bridgehead atoms. The van der Waals surface area contributed by atoms with Crippen LogP contribution in [0.4, 0.5) is 5.82 Å². The van der Waals surface area contributed by atoms with Gasteiger partial charge in [0.05, 0.1) is 6.54 Å². The maximum Gasteiger partial charge on any atom is 0.239 e. The highest BCUT2D eigenvalue weighted by molar-refractivity contribution is 9.10. The number of carbonyl (C=O) groups is 1. The largest absolute Gasteiger partial charge is 0.330 e. The maximum absolute atomic E-state index is 12.0. The molecule has 2 heterocycles. The first-order chi connectivity index (χ1) is 9.67. The number of aromatic nitrogens is 1. The van der Waals surface area contributed by atoms with Gasteiger partial charge in [-0.05, 0) is 66.3 Å². The van der Waals surface area contributed by atoms with Crippen molar-refractivity contribution in [3.05, 3.63) is 22.8 Å². The van der Waals surface area contributed by atoms with Crippen LogP contribution in [0.5, 0.6) is 0 Å². The molecule has 126 valence electrons. The lowest BCUT2D eigenvalue weighted by molar-refractivity contribution is -0.117. The molecule has 8 heteroatoms. The van der Waals surface area contributed by atoms with Crippen molar-refractivity contribution >= 4 is 52.5 Å². The average molecular weight is 414 g/mol. The molecule has 1 fully saturated rings. The molecule has 1 saturated heterocycles. The Balaban J connectivity index is 0.00000220. The number of nitrogens with zero attached hydrogens (tertiary/aromatic N) is 2. The highest BCUT2D eigenvalue weighted by Gasteiger charge is 2.21. The van der Waals surface area contributed by atoms with E-state index in [1.807, 2.05) is 6.07 Å². The van der Waals surface area contributed by atoms with Gasteiger partial charge in [0.1, 0.15) is 5.82 Å². The van der Waals surface area contributed by atoms with Gasteiger partial charge in [0.2, 0.25) is 5.91 Å². The van der Waals surface area contributed by atoms with Gasteiger partial charge in [0.25, 0.3) is 0 Å². The van der Waals surface area contributed by atoms with Crippen LogP contribution in [0.25, 0.3) is 0 Å². The minimum Gasteiger partial charge on any atom is -0.330 e. The molecule has 0 radical (unpaired) electrons. The lowest BCUT2D eigenvalue weighted by Crippen LogP contribution is -2.41. The third kappa shape index (κ3) is 7.24. The van der Waals surface area contributed by atoms with Crippen LogP contribution < -0.4 is 11.1 Å². The van der Waals surface area contributed by atoms with Gasteiger partial charge in [-0.3, -0.25) is 9.69 Å². The van der Waals surface area contributed by atoms with Crippen molar-refractivity contribution in [1.29, 1.82) is 0 Å². The lowest BCUT2D eigenvalue weighted by Gasteiger charge is -2.31. The van der Waals surface area contributed by atoms with Gasteiger partial charge >= 0.3 is 0 Å². The van der Waals surface area contributed by atoms with Gasteiger partial charge in [0.15, 0.2) is 0 Å². The second-order valence-corrected chi connectivity index (χ2v) is 6.15. The van der Waals surface area contributed by atoms with Crippen LogP contribution in [-0.4, -0.2) is 42.0 Å². The number of nitrogens with one attached hydrogen (secondary N) is 1. The number of likely N-dealkylation sites (tertiary alicyclic amines) is 1. The van der Waals surface area contributed by atoms with Crippen LogP contribution in [0.2, 0.25) is 0 Å². The Kier molecular flexibility index (Phi) is 11.0. The van der Waals surface area contributed by atoms with Crippen molar-refractivity contribution < 1.29 is 4.79 Å². The van der Waals surface area contributed by atoms with E-state index in [2.05, 4.69) is 31.1 Å². The highest BCUT2D eigenvalue weighted by atomic mass is 79.9. The minimum absolute atomic E-state index is 0. The Morgan fingerprint density at radius 1 is 1.45 bits per heavy atom. The van der Waals surface area contributed by atoms with Crippen molar-refractivity contribution in [2.75, 3.05) is 31.5 Å². The third-order valence-corrected chi connectivity index (χ3v) is 4.01. The number of piperidine rings is 1. The van der Waals surface area contributed by atoms with Gasteiger partial charge in [-0.2, -0.15) is 0 Å². The molecule has 1 amide bonds. The Morgan fingerprint density at radius 2 is 2.23 bits per heavy atom. The van der Waals surface area contributed by atoms with E-state index in [-0.39, 0.29) is 30.7 Å². The molecule has 0 aromatic carbocycles. The number of anilines is 1. The number of nitrogens with two attached hydrogens (primary N) is 1.